The number of thiophene rings is 1. The van der Waals surface area contributed by atoms with Crippen LogP contribution >= 0.6 is 34.4 Å². The topological polar surface area (TPSA) is 58.1 Å². The van der Waals surface area contributed by atoms with Crippen molar-refractivity contribution in [2.45, 2.75) is 36.9 Å². The molecule has 0 spiro atoms. The third-order valence-corrected chi connectivity index (χ3v) is 6.87. The van der Waals surface area contributed by atoms with Gasteiger partial charge in [0, 0.05) is 23.7 Å². The van der Waals surface area contributed by atoms with Gasteiger partial charge in [0.05, 0.1) is 5.75 Å². The lowest BCUT2D eigenvalue weighted by atomic mass is 10.3. The van der Waals surface area contributed by atoms with Crippen LogP contribution in [0.1, 0.15) is 31.1 Å². The molecule has 3 rings (SSSR count). The molecule has 1 N–H and O–H groups in total. The van der Waals surface area contributed by atoms with Crippen molar-refractivity contribution in [3.05, 3.63) is 34.2 Å². The maximum absolute atomic E-state index is 12.5. The molecule has 0 bridgehead atoms. The second kappa shape index (κ2) is 9.35. The third kappa shape index (κ3) is 5.29. The standard InChI is InChI=1S/C17H22N4OS3/c1-2-21(13-6-3-4-7-13)15(22)12-24-17-20-19-16(25-17)18-10-9-14-8-5-11-23-14/h5-6,8,11H,2-4,7,9-10,12H2,1H3,(H,18,19). The second-order valence-electron chi connectivity index (χ2n) is 5.64. The fraction of sp³-hybridized carbons (Fsp3) is 0.471. The number of carbonyl (C=O) groups excluding carboxylic acids is 1. The number of nitrogens with one attached hydrogen (secondary N) is 1. The largest absolute Gasteiger partial charge is 0.360 e. The van der Waals surface area contributed by atoms with E-state index < -0.39 is 0 Å². The molecule has 0 radical (unpaired) electrons. The molecule has 2 aromatic heterocycles. The number of allylic oxidation sites excluding steroid dienone is 2. The monoisotopic (exact) mass is 394 g/mol. The van der Waals surface area contributed by atoms with Crippen molar-refractivity contribution in [3.8, 4) is 0 Å². The van der Waals surface area contributed by atoms with Crippen LogP contribution in [-0.4, -0.2) is 39.8 Å². The van der Waals surface area contributed by atoms with E-state index in [4.69, 9.17) is 0 Å². The van der Waals surface area contributed by atoms with Crippen LogP contribution in [0, 0.1) is 0 Å². The maximum Gasteiger partial charge on any atom is 0.237 e. The van der Waals surface area contributed by atoms with Crippen LogP contribution < -0.4 is 5.32 Å². The van der Waals surface area contributed by atoms with Gasteiger partial charge in [0.25, 0.3) is 0 Å². The molecule has 0 saturated heterocycles. The Balaban J connectivity index is 1.43. The molecular weight excluding hydrogens is 372 g/mol. The first-order valence-electron chi connectivity index (χ1n) is 8.48. The molecule has 1 aliphatic carbocycles. The van der Waals surface area contributed by atoms with Gasteiger partial charge in [-0.1, -0.05) is 35.2 Å². The highest BCUT2D eigenvalue weighted by Crippen LogP contribution is 2.27. The van der Waals surface area contributed by atoms with Crippen molar-refractivity contribution in [3.63, 3.8) is 0 Å². The lowest BCUT2D eigenvalue weighted by Gasteiger charge is -2.21. The van der Waals surface area contributed by atoms with Gasteiger partial charge in [-0.3, -0.25) is 4.79 Å². The zero-order valence-electron chi connectivity index (χ0n) is 14.2. The van der Waals surface area contributed by atoms with Gasteiger partial charge in [-0.2, -0.15) is 0 Å². The smallest absolute Gasteiger partial charge is 0.237 e. The number of rotatable bonds is 9. The van der Waals surface area contributed by atoms with Crippen LogP contribution in [0.3, 0.4) is 0 Å². The van der Waals surface area contributed by atoms with Crippen LogP contribution in [0.2, 0.25) is 0 Å². The van der Waals surface area contributed by atoms with Crippen LogP contribution in [0.25, 0.3) is 0 Å². The van der Waals surface area contributed by atoms with Crippen LogP contribution in [0.15, 0.2) is 33.6 Å². The maximum atomic E-state index is 12.5. The van der Waals surface area contributed by atoms with Gasteiger partial charge >= 0.3 is 0 Å². The quantitative estimate of drug-likeness (QED) is 0.644. The molecule has 1 amide bonds. The van der Waals surface area contributed by atoms with Crippen molar-refractivity contribution in [2.75, 3.05) is 24.2 Å². The van der Waals surface area contributed by atoms with Gasteiger partial charge < -0.3 is 10.2 Å². The van der Waals surface area contributed by atoms with Crippen LogP contribution in [0.5, 0.6) is 0 Å². The van der Waals surface area contributed by atoms with E-state index in [1.807, 2.05) is 11.8 Å². The van der Waals surface area contributed by atoms with Gasteiger partial charge in [-0.25, -0.2) is 0 Å². The first-order chi connectivity index (χ1) is 12.3. The first kappa shape index (κ1) is 18.4. The minimum Gasteiger partial charge on any atom is -0.360 e. The van der Waals surface area contributed by atoms with Gasteiger partial charge in [-0.05, 0) is 44.1 Å². The number of aromatic nitrogens is 2. The summed E-state index contributed by atoms with van der Waals surface area (Å²) in [5, 5.41) is 14.5. The molecule has 2 heterocycles. The van der Waals surface area contributed by atoms with E-state index in [2.05, 4.69) is 39.1 Å². The molecular formula is C17H22N4OS3. The molecule has 0 fully saturated rings. The second-order valence-corrected chi connectivity index (χ2v) is 8.88. The molecule has 0 saturated carbocycles. The minimum atomic E-state index is 0.156. The lowest BCUT2D eigenvalue weighted by Crippen LogP contribution is -2.31. The van der Waals surface area contributed by atoms with E-state index >= 15 is 0 Å². The number of carbonyl (C=O) groups is 1. The highest BCUT2D eigenvalue weighted by atomic mass is 32.2. The Hall–Kier alpha value is -1.38. The molecule has 8 heteroatoms. The average molecular weight is 395 g/mol. The molecule has 0 aromatic carbocycles. The number of thioether (sulfide) groups is 1. The van der Waals surface area contributed by atoms with E-state index in [1.54, 1.807) is 11.3 Å². The van der Waals surface area contributed by atoms with E-state index in [9.17, 15) is 4.79 Å². The lowest BCUT2D eigenvalue weighted by molar-refractivity contribution is -0.126. The van der Waals surface area contributed by atoms with E-state index in [0.717, 1.165) is 48.2 Å². The number of amides is 1. The molecule has 0 aliphatic heterocycles. The van der Waals surface area contributed by atoms with Crippen molar-refractivity contribution in [1.29, 1.82) is 0 Å². The van der Waals surface area contributed by atoms with Gasteiger partial charge in [0.2, 0.25) is 11.0 Å². The predicted octanol–water partition coefficient (Wildman–Crippen LogP) is 4.26. The molecule has 0 atom stereocenters. The summed E-state index contributed by atoms with van der Waals surface area (Å²) in [5.74, 6) is 0.567. The Morgan fingerprint density at radius 2 is 2.36 bits per heavy atom. The third-order valence-electron chi connectivity index (χ3n) is 3.93. The van der Waals surface area contributed by atoms with Crippen molar-refractivity contribution >= 4 is 45.5 Å². The van der Waals surface area contributed by atoms with Gasteiger partial charge in [0.15, 0.2) is 4.34 Å². The summed E-state index contributed by atoms with van der Waals surface area (Å²) in [4.78, 5) is 15.7. The SMILES string of the molecule is CCN(C(=O)CSc1nnc(NCCc2cccs2)s1)C1=CCCC1. The fourth-order valence-corrected chi connectivity index (χ4v) is 5.09. The summed E-state index contributed by atoms with van der Waals surface area (Å²) in [5.41, 5.74) is 1.18. The first-order valence-corrected chi connectivity index (χ1v) is 11.2. The van der Waals surface area contributed by atoms with E-state index in [-0.39, 0.29) is 5.91 Å². The number of hydrogen-bond donors (Lipinski definition) is 1. The van der Waals surface area contributed by atoms with Crippen molar-refractivity contribution in [1.82, 2.24) is 15.1 Å². The Labute approximate surface area is 160 Å². The molecule has 5 nitrogen and oxygen atoms in total. The predicted molar refractivity (Wildman–Crippen MR) is 106 cm³/mol. The van der Waals surface area contributed by atoms with Crippen molar-refractivity contribution < 1.29 is 4.79 Å². The molecule has 1 aliphatic rings. The zero-order valence-corrected chi connectivity index (χ0v) is 16.7. The van der Waals surface area contributed by atoms with Crippen LogP contribution in [0.4, 0.5) is 5.13 Å². The summed E-state index contributed by atoms with van der Waals surface area (Å²) in [6.45, 7) is 3.61. The Morgan fingerprint density at radius 3 is 3.08 bits per heavy atom. The number of anilines is 1. The summed E-state index contributed by atoms with van der Waals surface area (Å²) < 4.78 is 0.837. The highest BCUT2D eigenvalue weighted by Gasteiger charge is 2.19. The van der Waals surface area contributed by atoms with Crippen molar-refractivity contribution in [2.24, 2.45) is 0 Å². The van der Waals surface area contributed by atoms with Gasteiger partial charge in [0.1, 0.15) is 0 Å². The van der Waals surface area contributed by atoms with Gasteiger partial charge in [-0.15, -0.1) is 21.5 Å². The summed E-state index contributed by atoms with van der Waals surface area (Å²) in [6.07, 6.45) is 6.43. The van der Waals surface area contributed by atoms with Crippen LogP contribution in [-0.2, 0) is 11.2 Å². The molecule has 25 heavy (non-hydrogen) atoms. The Kier molecular flexibility index (Phi) is 6.89. The summed E-state index contributed by atoms with van der Waals surface area (Å²) >= 11 is 4.75. The summed E-state index contributed by atoms with van der Waals surface area (Å²) in [6, 6.07) is 4.20. The Morgan fingerprint density at radius 1 is 1.44 bits per heavy atom. The normalized spacial score (nSPS) is 13.7. The van der Waals surface area contributed by atoms with E-state index in [0.29, 0.717) is 5.75 Å². The number of hydrogen-bond acceptors (Lipinski definition) is 7. The minimum absolute atomic E-state index is 0.156. The average Bonchev–Trinajstić information content (AvgIpc) is 3.37. The molecule has 134 valence electrons. The zero-order chi connectivity index (χ0) is 17.5. The molecule has 0 unspecified atom stereocenters. The molecule has 2 aromatic rings. The Bertz CT molecular complexity index is 711. The fourth-order valence-electron chi connectivity index (χ4n) is 2.73. The summed E-state index contributed by atoms with van der Waals surface area (Å²) in [7, 11) is 0. The number of nitrogens with zero attached hydrogens (tertiary/aromatic N) is 3. The van der Waals surface area contributed by atoms with E-state index in [1.165, 1.54) is 33.7 Å². The highest BCUT2D eigenvalue weighted by molar-refractivity contribution is 8.01.